The summed E-state index contributed by atoms with van der Waals surface area (Å²) in [5, 5.41) is 94.3. The van der Waals surface area contributed by atoms with Gasteiger partial charge < -0.3 is 93.2 Å². The second-order valence-corrected chi connectivity index (χ2v) is 10.9. The number of aliphatic hydroxyl groups is 9. The third-order valence-electron chi connectivity index (χ3n) is 7.83. The first kappa shape index (κ1) is 35.3. The lowest BCUT2D eigenvalue weighted by atomic mass is 9.83. The van der Waals surface area contributed by atoms with Crippen LogP contribution in [0.25, 0.3) is 0 Å². The minimum atomic E-state index is -1.78. The first-order chi connectivity index (χ1) is 19.7. The number of carbonyl (C=O) groups is 1. The van der Waals surface area contributed by atoms with Crippen LogP contribution in [0.2, 0.25) is 0 Å². The molecule has 0 bridgehead atoms. The van der Waals surface area contributed by atoms with Crippen molar-refractivity contribution in [2.24, 2.45) is 22.9 Å². The Labute approximate surface area is 240 Å². The van der Waals surface area contributed by atoms with Crippen LogP contribution >= 0.6 is 0 Å². The molecule has 0 spiro atoms. The lowest BCUT2D eigenvalue weighted by molar-refractivity contribution is -0.332. The molecule has 3 aliphatic rings. The Morgan fingerprint density at radius 1 is 0.857 bits per heavy atom. The zero-order valence-corrected chi connectivity index (χ0v) is 22.7. The van der Waals surface area contributed by atoms with E-state index in [1.807, 2.05) is 0 Å². The van der Waals surface area contributed by atoms with Gasteiger partial charge in [-0.05, 0) is 12.8 Å². The van der Waals surface area contributed by atoms with E-state index in [2.05, 4.69) is 5.32 Å². The topological polar surface area (TPSA) is 352 Å². The van der Waals surface area contributed by atoms with Gasteiger partial charge in [0.05, 0.1) is 25.3 Å². The van der Waals surface area contributed by atoms with Gasteiger partial charge in [0.25, 0.3) is 0 Å². The molecule has 1 amide bonds. The number of amides is 1. The van der Waals surface area contributed by atoms with Gasteiger partial charge in [-0.25, -0.2) is 0 Å². The number of nitrogens with two attached hydrogens (primary N) is 4. The van der Waals surface area contributed by atoms with Gasteiger partial charge >= 0.3 is 0 Å². The van der Waals surface area contributed by atoms with E-state index < -0.39 is 123 Å². The lowest BCUT2D eigenvalue weighted by Crippen LogP contribution is -2.69. The fourth-order valence-corrected chi connectivity index (χ4v) is 5.25. The molecule has 3 rings (SSSR count). The second kappa shape index (κ2) is 15.2. The average molecular weight is 616 g/mol. The van der Waals surface area contributed by atoms with Crippen molar-refractivity contribution >= 4 is 5.91 Å². The predicted molar refractivity (Wildman–Crippen MR) is 137 cm³/mol. The molecule has 0 radical (unpaired) electrons. The molecule has 0 aromatic carbocycles. The summed E-state index contributed by atoms with van der Waals surface area (Å²) in [6, 6.07) is -4.51. The Morgan fingerprint density at radius 2 is 1.45 bits per heavy atom. The molecule has 3 fully saturated rings. The van der Waals surface area contributed by atoms with Crippen LogP contribution in [0.4, 0.5) is 0 Å². The van der Waals surface area contributed by atoms with E-state index >= 15 is 0 Å². The standard InChI is InChI=1S/C23H45N5O14/c24-3-10-14(33)16(35)17(36)23(39-10)41-19-7(26)2-8(28-21(38)9(31)1-6(25)4-29)20(18(19)37)42-22-15(34)12(27)13(32)11(5-30)40-22/h6-20,22-23,29-37H,1-5,24-27H2,(H,28,38)/t6-,7-,8+,9+,10-,11-,12+,13-,14-,15-,16+,17-,18-,19+,20-,22-,23-/m1/s1. The highest BCUT2D eigenvalue weighted by molar-refractivity contribution is 5.80. The maximum absolute atomic E-state index is 12.8. The van der Waals surface area contributed by atoms with Crippen LogP contribution in [0, 0.1) is 0 Å². The highest BCUT2D eigenvalue weighted by Gasteiger charge is 2.52. The van der Waals surface area contributed by atoms with Crippen molar-refractivity contribution in [3.8, 4) is 0 Å². The summed E-state index contributed by atoms with van der Waals surface area (Å²) in [6.45, 7) is -1.44. The molecule has 0 unspecified atom stereocenters. The molecular weight excluding hydrogens is 570 g/mol. The van der Waals surface area contributed by atoms with Crippen molar-refractivity contribution in [1.29, 1.82) is 0 Å². The maximum Gasteiger partial charge on any atom is 0.249 e. The van der Waals surface area contributed by atoms with Crippen LogP contribution in [-0.2, 0) is 23.7 Å². The number of hydrogen-bond donors (Lipinski definition) is 14. The van der Waals surface area contributed by atoms with E-state index in [0.29, 0.717) is 0 Å². The highest BCUT2D eigenvalue weighted by atomic mass is 16.7. The summed E-state index contributed by atoms with van der Waals surface area (Å²) in [6.07, 6.45) is -20.7. The summed E-state index contributed by atoms with van der Waals surface area (Å²) in [5.74, 6) is -0.948. The van der Waals surface area contributed by atoms with Gasteiger partial charge in [0.2, 0.25) is 5.91 Å². The summed E-state index contributed by atoms with van der Waals surface area (Å²) in [4.78, 5) is 12.8. The van der Waals surface area contributed by atoms with Gasteiger partial charge in [0.1, 0.15) is 67.1 Å². The molecule has 246 valence electrons. The molecule has 2 heterocycles. The van der Waals surface area contributed by atoms with E-state index in [1.165, 1.54) is 0 Å². The van der Waals surface area contributed by atoms with Crippen molar-refractivity contribution in [2.75, 3.05) is 19.8 Å². The van der Waals surface area contributed by atoms with Crippen molar-refractivity contribution in [1.82, 2.24) is 5.32 Å². The summed E-state index contributed by atoms with van der Waals surface area (Å²) in [7, 11) is 0. The molecule has 1 aliphatic carbocycles. The van der Waals surface area contributed by atoms with Crippen molar-refractivity contribution in [2.45, 2.75) is 117 Å². The van der Waals surface area contributed by atoms with Crippen molar-refractivity contribution < 1.29 is 69.7 Å². The molecule has 17 atom stereocenters. The second-order valence-electron chi connectivity index (χ2n) is 10.9. The normalized spacial score (nSPS) is 46.2. The zero-order valence-electron chi connectivity index (χ0n) is 22.7. The number of hydrogen-bond acceptors (Lipinski definition) is 18. The monoisotopic (exact) mass is 615 g/mol. The number of carbonyl (C=O) groups excluding carboxylic acids is 1. The Morgan fingerprint density at radius 3 is 2.05 bits per heavy atom. The van der Waals surface area contributed by atoms with Gasteiger partial charge in [0, 0.05) is 18.6 Å². The third-order valence-corrected chi connectivity index (χ3v) is 7.83. The Hall–Kier alpha value is -1.21. The Bertz CT molecular complexity index is 862. The van der Waals surface area contributed by atoms with Crippen molar-refractivity contribution in [3.05, 3.63) is 0 Å². The van der Waals surface area contributed by atoms with Gasteiger partial charge in [-0.3, -0.25) is 4.79 Å². The van der Waals surface area contributed by atoms with E-state index in [-0.39, 0.29) is 19.4 Å². The SMILES string of the molecule is NC[C@H]1O[C@H](O[C@@H]2[C@@H](O)[C@H](O[C@H]3O[C@H](CO)[C@@H](O)[C@H](N)[C@H]3O)[C@@H](NC(=O)[C@@H](O)C[C@@H](N)CO)C[C@H]2N)[C@H](O)[C@@H](O)[C@@H]1O. The van der Waals surface area contributed by atoms with Crippen LogP contribution in [0.15, 0.2) is 0 Å². The molecule has 2 aliphatic heterocycles. The number of ether oxygens (including phenoxy) is 4. The van der Waals surface area contributed by atoms with Gasteiger partial charge in [-0.2, -0.15) is 0 Å². The summed E-state index contributed by atoms with van der Waals surface area (Å²) < 4.78 is 22.5. The zero-order chi connectivity index (χ0) is 31.5. The van der Waals surface area contributed by atoms with E-state index in [4.69, 9.17) is 47.0 Å². The fraction of sp³-hybridized carbons (Fsp3) is 0.957. The average Bonchev–Trinajstić information content (AvgIpc) is 2.96. The maximum atomic E-state index is 12.8. The minimum absolute atomic E-state index is 0.188. The number of rotatable bonds is 11. The smallest absolute Gasteiger partial charge is 0.249 e. The molecule has 19 nitrogen and oxygen atoms in total. The third kappa shape index (κ3) is 7.71. The Kier molecular flexibility index (Phi) is 12.8. The minimum Gasteiger partial charge on any atom is -0.395 e. The highest BCUT2D eigenvalue weighted by Crippen LogP contribution is 2.32. The van der Waals surface area contributed by atoms with Gasteiger partial charge in [-0.1, -0.05) is 0 Å². The van der Waals surface area contributed by atoms with E-state index in [0.717, 1.165) is 0 Å². The van der Waals surface area contributed by atoms with Crippen LogP contribution < -0.4 is 28.3 Å². The molecular formula is C23H45N5O14. The molecule has 18 N–H and O–H groups in total. The Balaban J connectivity index is 1.85. The number of nitrogens with one attached hydrogen (secondary N) is 1. The van der Waals surface area contributed by atoms with Crippen LogP contribution in [0.5, 0.6) is 0 Å². The molecule has 0 aromatic rings. The van der Waals surface area contributed by atoms with Crippen LogP contribution in [0.3, 0.4) is 0 Å². The molecule has 42 heavy (non-hydrogen) atoms. The first-order valence-electron chi connectivity index (χ1n) is 13.6. The van der Waals surface area contributed by atoms with Gasteiger partial charge in [-0.15, -0.1) is 0 Å². The predicted octanol–water partition coefficient (Wildman–Crippen LogP) is -9.06. The van der Waals surface area contributed by atoms with Crippen LogP contribution in [-0.4, -0.2) is 176 Å². The molecule has 19 heteroatoms. The van der Waals surface area contributed by atoms with Crippen LogP contribution in [0.1, 0.15) is 12.8 Å². The summed E-state index contributed by atoms with van der Waals surface area (Å²) in [5.41, 5.74) is 23.3. The molecule has 1 saturated carbocycles. The quantitative estimate of drug-likeness (QED) is 0.102. The van der Waals surface area contributed by atoms with E-state index in [1.54, 1.807) is 0 Å². The number of aliphatic hydroxyl groups excluding tert-OH is 9. The lowest BCUT2D eigenvalue weighted by Gasteiger charge is -2.49. The fourth-order valence-electron chi connectivity index (χ4n) is 5.25. The molecule has 0 aromatic heterocycles. The van der Waals surface area contributed by atoms with E-state index in [9.17, 15) is 45.6 Å². The molecule has 2 saturated heterocycles. The largest absolute Gasteiger partial charge is 0.395 e. The van der Waals surface area contributed by atoms with Crippen molar-refractivity contribution in [3.63, 3.8) is 0 Å². The first-order valence-corrected chi connectivity index (χ1v) is 13.6. The van der Waals surface area contributed by atoms with Gasteiger partial charge in [0.15, 0.2) is 12.6 Å². The summed E-state index contributed by atoms with van der Waals surface area (Å²) >= 11 is 0.